The van der Waals surface area contributed by atoms with Crippen molar-refractivity contribution in [2.75, 3.05) is 13.7 Å². The van der Waals surface area contributed by atoms with Crippen LogP contribution in [0.2, 0.25) is 0 Å². The maximum atomic E-state index is 5.24. The third-order valence-corrected chi connectivity index (χ3v) is 3.52. The van der Waals surface area contributed by atoms with Crippen LogP contribution in [0.3, 0.4) is 0 Å². The van der Waals surface area contributed by atoms with E-state index in [1.54, 1.807) is 13.3 Å². The highest BCUT2D eigenvalue weighted by atomic mass is 16.5. The minimum absolute atomic E-state index is 0.739. The van der Waals surface area contributed by atoms with Crippen molar-refractivity contribution < 1.29 is 4.74 Å². The minimum Gasteiger partial charge on any atom is -0.481 e. The molecule has 1 fully saturated rings. The Morgan fingerprint density at radius 3 is 2.94 bits per heavy atom. The smallest absolute Gasteiger partial charge is 0.217 e. The first-order valence-electron chi connectivity index (χ1n) is 6.58. The molecule has 94 valence electrons. The Morgan fingerprint density at radius 1 is 1.35 bits per heavy atom. The monoisotopic (exact) mass is 234 g/mol. The molecule has 0 saturated heterocycles. The molecular formula is C14H22N2O. The van der Waals surface area contributed by atoms with Gasteiger partial charge in [-0.25, -0.2) is 4.98 Å². The Hall–Kier alpha value is -1.09. The van der Waals surface area contributed by atoms with Gasteiger partial charge in [0.25, 0.3) is 0 Å². The van der Waals surface area contributed by atoms with E-state index in [0.29, 0.717) is 0 Å². The summed E-state index contributed by atoms with van der Waals surface area (Å²) < 4.78 is 5.24. The zero-order valence-corrected chi connectivity index (χ0v) is 10.6. The van der Waals surface area contributed by atoms with Gasteiger partial charge in [0.1, 0.15) is 0 Å². The van der Waals surface area contributed by atoms with Crippen LogP contribution in [-0.4, -0.2) is 18.6 Å². The van der Waals surface area contributed by atoms with Gasteiger partial charge in [-0.1, -0.05) is 25.3 Å². The molecule has 0 spiro atoms. The fraction of sp³-hybridized carbons (Fsp3) is 0.643. The highest BCUT2D eigenvalue weighted by Gasteiger charge is 2.12. The first-order valence-corrected chi connectivity index (χ1v) is 6.58. The second-order valence-corrected chi connectivity index (χ2v) is 4.81. The van der Waals surface area contributed by atoms with Crippen LogP contribution in [0.1, 0.15) is 37.7 Å². The summed E-state index contributed by atoms with van der Waals surface area (Å²) in [5, 5.41) is 3.53. The van der Waals surface area contributed by atoms with E-state index in [1.165, 1.54) is 32.1 Å². The molecule has 3 nitrogen and oxygen atoms in total. The molecule has 1 heterocycles. The van der Waals surface area contributed by atoms with Crippen molar-refractivity contribution >= 4 is 0 Å². The summed E-state index contributed by atoms with van der Waals surface area (Å²) in [6.07, 6.45) is 8.77. The molecule has 1 aliphatic rings. The molecule has 1 aliphatic carbocycles. The SMILES string of the molecule is COc1ncccc1CNCC1CCCCC1. The van der Waals surface area contributed by atoms with Gasteiger partial charge in [-0.2, -0.15) is 0 Å². The largest absolute Gasteiger partial charge is 0.481 e. The lowest BCUT2D eigenvalue weighted by Gasteiger charge is -2.21. The molecule has 2 rings (SSSR count). The molecule has 3 heteroatoms. The van der Waals surface area contributed by atoms with Crippen LogP contribution in [-0.2, 0) is 6.54 Å². The van der Waals surface area contributed by atoms with Crippen LogP contribution in [0.25, 0.3) is 0 Å². The number of ether oxygens (including phenoxy) is 1. The maximum Gasteiger partial charge on any atom is 0.217 e. The highest BCUT2D eigenvalue weighted by Crippen LogP contribution is 2.23. The van der Waals surface area contributed by atoms with Gasteiger partial charge in [0.15, 0.2) is 0 Å². The van der Waals surface area contributed by atoms with Crippen LogP contribution in [0.15, 0.2) is 18.3 Å². The third kappa shape index (κ3) is 3.70. The number of pyridine rings is 1. The molecule has 1 aromatic rings. The Bertz CT molecular complexity index is 335. The zero-order valence-electron chi connectivity index (χ0n) is 10.6. The molecule has 1 N–H and O–H groups in total. The molecule has 0 radical (unpaired) electrons. The molecule has 0 amide bonds. The predicted octanol–water partition coefficient (Wildman–Crippen LogP) is 2.76. The first kappa shape index (κ1) is 12.4. The Morgan fingerprint density at radius 2 is 2.18 bits per heavy atom. The second-order valence-electron chi connectivity index (χ2n) is 4.81. The summed E-state index contributed by atoms with van der Waals surface area (Å²) >= 11 is 0. The fourth-order valence-corrected chi connectivity index (χ4v) is 2.54. The summed E-state index contributed by atoms with van der Waals surface area (Å²) in [7, 11) is 1.67. The van der Waals surface area contributed by atoms with Crippen molar-refractivity contribution in [3.05, 3.63) is 23.9 Å². The van der Waals surface area contributed by atoms with E-state index in [4.69, 9.17) is 4.74 Å². The second kappa shape index (κ2) is 6.60. The van der Waals surface area contributed by atoms with Gasteiger partial charge in [0, 0.05) is 18.3 Å². The van der Waals surface area contributed by atoms with E-state index in [9.17, 15) is 0 Å². The number of hydrogen-bond donors (Lipinski definition) is 1. The summed E-state index contributed by atoms with van der Waals surface area (Å²) in [5.74, 6) is 1.61. The lowest BCUT2D eigenvalue weighted by molar-refractivity contribution is 0.339. The van der Waals surface area contributed by atoms with Crippen molar-refractivity contribution in [1.29, 1.82) is 0 Å². The quantitative estimate of drug-likeness (QED) is 0.850. The van der Waals surface area contributed by atoms with Crippen molar-refractivity contribution in [2.45, 2.75) is 38.6 Å². The van der Waals surface area contributed by atoms with Crippen LogP contribution in [0.5, 0.6) is 5.88 Å². The van der Waals surface area contributed by atoms with E-state index in [1.807, 2.05) is 6.07 Å². The fourth-order valence-electron chi connectivity index (χ4n) is 2.54. The van der Waals surface area contributed by atoms with Crippen molar-refractivity contribution in [2.24, 2.45) is 5.92 Å². The van der Waals surface area contributed by atoms with Crippen LogP contribution in [0.4, 0.5) is 0 Å². The lowest BCUT2D eigenvalue weighted by atomic mass is 9.89. The van der Waals surface area contributed by atoms with E-state index < -0.39 is 0 Å². The van der Waals surface area contributed by atoms with Crippen molar-refractivity contribution in [3.8, 4) is 5.88 Å². The number of nitrogens with one attached hydrogen (secondary N) is 1. The predicted molar refractivity (Wildman–Crippen MR) is 69.1 cm³/mol. The van der Waals surface area contributed by atoms with Crippen LogP contribution in [0, 0.1) is 5.92 Å². The molecule has 1 aromatic heterocycles. The average Bonchev–Trinajstić information content (AvgIpc) is 2.40. The molecule has 0 bridgehead atoms. The molecule has 0 unspecified atom stereocenters. The van der Waals surface area contributed by atoms with Gasteiger partial charge < -0.3 is 10.1 Å². The Balaban J connectivity index is 1.77. The number of aromatic nitrogens is 1. The van der Waals surface area contributed by atoms with Gasteiger partial charge in [0.05, 0.1) is 7.11 Å². The van der Waals surface area contributed by atoms with Crippen molar-refractivity contribution in [3.63, 3.8) is 0 Å². The van der Waals surface area contributed by atoms with Gasteiger partial charge >= 0.3 is 0 Å². The summed E-state index contributed by atoms with van der Waals surface area (Å²) in [6.45, 7) is 1.98. The van der Waals surface area contributed by atoms with E-state index in [2.05, 4.69) is 16.4 Å². The summed E-state index contributed by atoms with van der Waals surface area (Å²) in [6, 6.07) is 4.03. The standard InChI is InChI=1S/C14H22N2O/c1-17-14-13(8-5-9-16-14)11-15-10-12-6-3-2-4-7-12/h5,8-9,12,15H,2-4,6-7,10-11H2,1H3. The topological polar surface area (TPSA) is 34.1 Å². The van der Waals surface area contributed by atoms with E-state index in [0.717, 1.165) is 30.5 Å². The van der Waals surface area contributed by atoms with Gasteiger partial charge in [-0.3, -0.25) is 0 Å². The summed E-state index contributed by atoms with van der Waals surface area (Å²) in [4.78, 5) is 4.20. The number of rotatable bonds is 5. The molecule has 17 heavy (non-hydrogen) atoms. The molecule has 0 atom stereocenters. The molecule has 1 saturated carbocycles. The highest BCUT2D eigenvalue weighted by molar-refractivity contribution is 5.24. The maximum absolute atomic E-state index is 5.24. The van der Waals surface area contributed by atoms with E-state index in [-0.39, 0.29) is 0 Å². The van der Waals surface area contributed by atoms with E-state index >= 15 is 0 Å². The van der Waals surface area contributed by atoms with Crippen molar-refractivity contribution in [1.82, 2.24) is 10.3 Å². The number of hydrogen-bond acceptors (Lipinski definition) is 3. The average molecular weight is 234 g/mol. The van der Waals surface area contributed by atoms with Gasteiger partial charge in [-0.05, 0) is 31.4 Å². The van der Waals surface area contributed by atoms with Gasteiger partial charge in [-0.15, -0.1) is 0 Å². The molecule has 0 aromatic carbocycles. The van der Waals surface area contributed by atoms with Crippen LogP contribution >= 0.6 is 0 Å². The minimum atomic E-state index is 0.739. The third-order valence-electron chi connectivity index (χ3n) is 3.52. The Labute approximate surface area is 104 Å². The first-order chi connectivity index (χ1) is 8.40. The normalized spacial score (nSPS) is 17.0. The summed E-state index contributed by atoms with van der Waals surface area (Å²) in [5.41, 5.74) is 1.14. The Kier molecular flexibility index (Phi) is 4.80. The van der Waals surface area contributed by atoms with Gasteiger partial charge in [0.2, 0.25) is 5.88 Å². The number of methoxy groups -OCH3 is 1. The molecular weight excluding hydrogens is 212 g/mol. The van der Waals surface area contributed by atoms with Crippen LogP contribution < -0.4 is 10.1 Å². The number of nitrogens with zero attached hydrogens (tertiary/aromatic N) is 1. The molecule has 0 aliphatic heterocycles. The lowest BCUT2D eigenvalue weighted by Crippen LogP contribution is -2.24. The zero-order chi connectivity index (χ0) is 11.9.